The first-order valence-corrected chi connectivity index (χ1v) is 15.3. The first-order valence-electron chi connectivity index (χ1n) is 15.3. The number of aliphatic hydroxyl groups excluding tert-OH is 3. The summed E-state index contributed by atoms with van der Waals surface area (Å²) in [6.45, 7) is 0.937. The number of pyridine rings is 1. The molecule has 0 spiro atoms. The predicted octanol–water partition coefficient (Wildman–Crippen LogP) is 4.59. The number of carbonyl (C=O) groups is 1. The highest BCUT2D eigenvalue weighted by atomic mass is 16.5. The summed E-state index contributed by atoms with van der Waals surface area (Å²) in [5.41, 5.74) is 2.99. The van der Waals surface area contributed by atoms with Crippen molar-refractivity contribution in [2.45, 2.75) is 25.1 Å². The summed E-state index contributed by atoms with van der Waals surface area (Å²) in [4.78, 5) is 19.1. The van der Waals surface area contributed by atoms with E-state index in [9.17, 15) is 15.0 Å². The van der Waals surface area contributed by atoms with Crippen LogP contribution < -0.4 is 14.8 Å². The van der Waals surface area contributed by atoms with Crippen molar-refractivity contribution < 1.29 is 29.6 Å². The van der Waals surface area contributed by atoms with Crippen LogP contribution in [-0.4, -0.2) is 76.2 Å². The Morgan fingerprint density at radius 2 is 1.57 bits per heavy atom. The van der Waals surface area contributed by atoms with Crippen LogP contribution in [0.1, 0.15) is 21.5 Å². The highest BCUT2D eigenvalue weighted by molar-refractivity contribution is 6.06. The van der Waals surface area contributed by atoms with Crippen LogP contribution in [0.3, 0.4) is 0 Å². The SMILES string of the molecule is O=C(NCCO)c1cccc2c(Oc3ccc(C[C@@H](CO)N(Cc4ccccc4)C[C@H](O)COc4ccccc4)cc3)ccnc12. The Labute approximate surface area is 268 Å². The monoisotopic (exact) mass is 621 g/mol. The molecule has 1 amide bonds. The van der Waals surface area contributed by atoms with Crippen LogP contribution in [0.4, 0.5) is 0 Å². The van der Waals surface area contributed by atoms with Gasteiger partial charge in [-0.05, 0) is 60.0 Å². The topological polar surface area (TPSA) is 124 Å². The van der Waals surface area contributed by atoms with Crippen molar-refractivity contribution in [3.8, 4) is 17.2 Å². The number of aliphatic hydroxyl groups is 3. The normalized spacial score (nSPS) is 12.5. The maximum absolute atomic E-state index is 12.6. The summed E-state index contributed by atoms with van der Waals surface area (Å²) < 4.78 is 12.0. The lowest BCUT2D eigenvalue weighted by atomic mass is 10.0. The fraction of sp³-hybridized carbons (Fsp3) is 0.243. The summed E-state index contributed by atoms with van der Waals surface area (Å²) in [6.07, 6.45) is 1.40. The molecule has 0 bridgehead atoms. The van der Waals surface area contributed by atoms with Gasteiger partial charge in [-0.3, -0.25) is 14.7 Å². The van der Waals surface area contributed by atoms with E-state index in [0.29, 0.717) is 53.2 Å². The minimum absolute atomic E-state index is 0.0887. The maximum atomic E-state index is 12.6. The number of ether oxygens (including phenoxy) is 2. The third-order valence-corrected chi connectivity index (χ3v) is 7.58. The van der Waals surface area contributed by atoms with Gasteiger partial charge in [-0.1, -0.05) is 66.7 Å². The van der Waals surface area contributed by atoms with Gasteiger partial charge in [0.1, 0.15) is 30.0 Å². The largest absolute Gasteiger partial charge is 0.491 e. The summed E-state index contributed by atoms with van der Waals surface area (Å²) in [5.74, 6) is 1.55. The van der Waals surface area contributed by atoms with Gasteiger partial charge in [0, 0.05) is 37.3 Å². The van der Waals surface area contributed by atoms with Gasteiger partial charge < -0.3 is 30.1 Å². The number of hydrogen-bond acceptors (Lipinski definition) is 8. The van der Waals surface area contributed by atoms with Gasteiger partial charge >= 0.3 is 0 Å². The quantitative estimate of drug-likeness (QED) is 0.126. The zero-order valence-electron chi connectivity index (χ0n) is 25.5. The van der Waals surface area contributed by atoms with E-state index in [4.69, 9.17) is 14.6 Å². The Bertz CT molecular complexity index is 1670. The lowest BCUT2D eigenvalue weighted by Crippen LogP contribution is -2.44. The van der Waals surface area contributed by atoms with Crippen LogP contribution >= 0.6 is 0 Å². The van der Waals surface area contributed by atoms with E-state index >= 15 is 0 Å². The molecule has 4 N–H and O–H groups in total. The maximum Gasteiger partial charge on any atom is 0.253 e. The Balaban J connectivity index is 1.27. The van der Waals surface area contributed by atoms with E-state index < -0.39 is 6.10 Å². The van der Waals surface area contributed by atoms with E-state index in [2.05, 4.69) is 15.2 Å². The average molecular weight is 622 g/mol. The van der Waals surface area contributed by atoms with Crippen LogP contribution in [-0.2, 0) is 13.0 Å². The molecule has 0 aliphatic rings. The number of benzene rings is 4. The summed E-state index contributed by atoms with van der Waals surface area (Å²) >= 11 is 0. The molecule has 46 heavy (non-hydrogen) atoms. The van der Waals surface area contributed by atoms with E-state index in [1.165, 1.54) is 0 Å². The minimum atomic E-state index is -0.759. The molecule has 9 nitrogen and oxygen atoms in total. The first-order chi connectivity index (χ1) is 22.5. The molecule has 2 atom stereocenters. The number of para-hydroxylation sites is 2. The summed E-state index contributed by atoms with van der Waals surface area (Å²) in [7, 11) is 0. The number of fused-ring (bicyclic) bond motifs is 1. The summed E-state index contributed by atoms with van der Waals surface area (Å²) in [6, 6.07) is 33.9. The third kappa shape index (κ3) is 8.89. The molecule has 0 saturated heterocycles. The molecule has 0 radical (unpaired) electrons. The van der Waals surface area contributed by atoms with Gasteiger partial charge in [-0.15, -0.1) is 0 Å². The highest BCUT2D eigenvalue weighted by Gasteiger charge is 2.22. The van der Waals surface area contributed by atoms with E-state index in [0.717, 1.165) is 11.1 Å². The van der Waals surface area contributed by atoms with Crippen molar-refractivity contribution in [2.75, 3.05) is 32.9 Å². The number of nitrogens with zero attached hydrogens (tertiary/aromatic N) is 2. The molecule has 0 saturated carbocycles. The van der Waals surface area contributed by atoms with Crippen molar-refractivity contribution in [2.24, 2.45) is 0 Å². The second-order valence-corrected chi connectivity index (χ2v) is 11.0. The van der Waals surface area contributed by atoms with Crippen LogP contribution in [0.5, 0.6) is 17.2 Å². The molecule has 9 heteroatoms. The zero-order chi connectivity index (χ0) is 32.1. The van der Waals surface area contributed by atoms with E-state index in [1.54, 1.807) is 24.4 Å². The van der Waals surface area contributed by atoms with Gasteiger partial charge in [-0.25, -0.2) is 0 Å². The summed E-state index contributed by atoms with van der Waals surface area (Å²) in [5, 5.41) is 33.8. The average Bonchev–Trinajstić information content (AvgIpc) is 3.10. The Morgan fingerprint density at radius 1 is 0.826 bits per heavy atom. The lowest BCUT2D eigenvalue weighted by molar-refractivity contribution is 0.0335. The predicted molar refractivity (Wildman–Crippen MR) is 177 cm³/mol. The zero-order valence-corrected chi connectivity index (χ0v) is 25.5. The molecule has 0 aliphatic heterocycles. The standard InChI is InChI=1S/C37H39N3O6/c41-21-20-39-37(44)34-13-7-12-33-35(18-19-38-36(33)34)46-32-16-14-27(15-17-32)22-29(25-42)40(23-28-8-3-1-4-9-28)24-30(43)26-45-31-10-5-2-6-11-31/h1-19,29-30,41-43H,20-26H2,(H,39,44)/t29-,30-/m0/s1. The number of rotatable bonds is 16. The van der Waals surface area contributed by atoms with Crippen LogP contribution in [0.15, 0.2) is 115 Å². The van der Waals surface area contributed by atoms with Gasteiger partial charge in [0.15, 0.2) is 0 Å². The van der Waals surface area contributed by atoms with Crippen LogP contribution in [0.25, 0.3) is 10.9 Å². The Kier molecular flexibility index (Phi) is 11.7. The number of carbonyl (C=O) groups excluding carboxylic acids is 1. The fourth-order valence-corrected chi connectivity index (χ4v) is 5.28. The van der Waals surface area contributed by atoms with Crippen molar-refractivity contribution in [3.63, 3.8) is 0 Å². The number of nitrogens with one attached hydrogen (secondary N) is 1. The van der Waals surface area contributed by atoms with Crippen molar-refractivity contribution in [1.82, 2.24) is 15.2 Å². The smallest absolute Gasteiger partial charge is 0.253 e. The number of hydrogen-bond donors (Lipinski definition) is 4. The van der Waals surface area contributed by atoms with Gasteiger partial charge in [0.25, 0.3) is 5.91 Å². The molecule has 1 heterocycles. The molecule has 0 unspecified atom stereocenters. The second-order valence-electron chi connectivity index (χ2n) is 11.0. The molecule has 5 aromatic rings. The molecular formula is C37H39N3O6. The van der Waals surface area contributed by atoms with Crippen molar-refractivity contribution >= 4 is 16.8 Å². The van der Waals surface area contributed by atoms with Crippen LogP contribution in [0, 0.1) is 0 Å². The van der Waals surface area contributed by atoms with Gasteiger partial charge in [0.2, 0.25) is 0 Å². The fourth-order valence-electron chi connectivity index (χ4n) is 5.28. The lowest BCUT2D eigenvalue weighted by Gasteiger charge is -2.32. The van der Waals surface area contributed by atoms with Gasteiger partial charge in [-0.2, -0.15) is 0 Å². The molecular weight excluding hydrogens is 582 g/mol. The molecule has 0 aliphatic carbocycles. The van der Waals surface area contributed by atoms with Gasteiger partial charge in [0.05, 0.1) is 24.3 Å². The molecule has 0 fully saturated rings. The van der Waals surface area contributed by atoms with E-state index in [1.807, 2.05) is 91.0 Å². The van der Waals surface area contributed by atoms with Crippen molar-refractivity contribution in [1.29, 1.82) is 0 Å². The highest BCUT2D eigenvalue weighted by Crippen LogP contribution is 2.30. The third-order valence-electron chi connectivity index (χ3n) is 7.58. The molecule has 1 aromatic heterocycles. The Hall–Kier alpha value is -4.80. The second kappa shape index (κ2) is 16.5. The first kappa shape index (κ1) is 32.6. The van der Waals surface area contributed by atoms with Crippen molar-refractivity contribution in [3.05, 3.63) is 132 Å². The Morgan fingerprint density at radius 3 is 2.28 bits per heavy atom. The number of aromatic nitrogens is 1. The van der Waals surface area contributed by atoms with Crippen LogP contribution in [0.2, 0.25) is 0 Å². The minimum Gasteiger partial charge on any atom is -0.491 e. The number of amides is 1. The molecule has 238 valence electrons. The molecule has 4 aromatic carbocycles. The van der Waals surface area contributed by atoms with E-state index in [-0.39, 0.29) is 38.3 Å². The molecule has 5 rings (SSSR count).